The van der Waals surface area contributed by atoms with Crippen LogP contribution in [0.3, 0.4) is 0 Å². The molecule has 20 heavy (non-hydrogen) atoms. The van der Waals surface area contributed by atoms with Gasteiger partial charge in [0.2, 0.25) is 5.91 Å². The molecule has 0 aliphatic rings. The van der Waals surface area contributed by atoms with Crippen molar-refractivity contribution in [1.29, 1.82) is 0 Å². The molecule has 6 heteroatoms. The second-order valence-corrected chi connectivity index (χ2v) is 6.27. The van der Waals surface area contributed by atoms with Crippen molar-refractivity contribution in [2.75, 3.05) is 11.1 Å². The van der Waals surface area contributed by atoms with Gasteiger partial charge in [0.05, 0.1) is 21.5 Å². The van der Waals surface area contributed by atoms with Crippen LogP contribution in [-0.2, 0) is 15.6 Å². The van der Waals surface area contributed by atoms with Gasteiger partial charge in [-0.25, -0.2) is 0 Å². The highest BCUT2D eigenvalue weighted by Crippen LogP contribution is 2.20. The largest absolute Gasteiger partial charge is 0.324 e. The Hall–Kier alpha value is -1.36. The number of benzene rings is 2. The maximum Gasteiger partial charge on any atom is 0.237 e. The Kier molecular flexibility index (Phi) is 5.17. The molecular weight excluding hydrogens is 317 g/mol. The zero-order valence-corrected chi connectivity index (χ0v) is 12.6. The summed E-state index contributed by atoms with van der Waals surface area (Å²) in [5.74, 6) is -0.512. The number of hydrogen-bond acceptors (Lipinski definition) is 2. The van der Waals surface area contributed by atoms with Gasteiger partial charge in [-0.05, 0) is 30.3 Å². The maximum atomic E-state index is 12.0. The van der Waals surface area contributed by atoms with Gasteiger partial charge in [0.25, 0.3) is 0 Å². The van der Waals surface area contributed by atoms with E-state index in [1.165, 1.54) is 0 Å². The van der Waals surface area contributed by atoms with Crippen molar-refractivity contribution < 1.29 is 9.00 Å². The van der Waals surface area contributed by atoms with Gasteiger partial charge >= 0.3 is 0 Å². The monoisotopic (exact) mass is 327 g/mol. The van der Waals surface area contributed by atoms with Gasteiger partial charge < -0.3 is 5.32 Å². The first-order chi connectivity index (χ1) is 9.56. The Morgan fingerprint density at radius 1 is 1.10 bits per heavy atom. The van der Waals surface area contributed by atoms with Crippen LogP contribution in [0.4, 0.5) is 5.69 Å². The number of hydrogen-bond donors (Lipinski definition) is 1. The highest BCUT2D eigenvalue weighted by atomic mass is 35.5. The summed E-state index contributed by atoms with van der Waals surface area (Å²) in [6.45, 7) is 0. The summed E-state index contributed by atoms with van der Waals surface area (Å²) in [5.41, 5.74) is 0.502. The third-order valence-corrected chi connectivity index (χ3v) is 4.34. The zero-order valence-electron chi connectivity index (χ0n) is 10.3. The molecule has 0 aliphatic carbocycles. The third kappa shape index (κ3) is 4.07. The highest BCUT2D eigenvalue weighted by Gasteiger charge is 2.12. The fraction of sp³-hybridized carbons (Fsp3) is 0.0714. The number of halogens is 2. The van der Waals surface area contributed by atoms with E-state index in [-0.39, 0.29) is 11.7 Å². The van der Waals surface area contributed by atoms with Crippen molar-refractivity contribution in [1.82, 2.24) is 0 Å². The molecule has 0 unspecified atom stereocenters. The summed E-state index contributed by atoms with van der Waals surface area (Å²) in [6.07, 6.45) is 0. The van der Waals surface area contributed by atoms with Gasteiger partial charge in [-0.3, -0.25) is 9.00 Å². The predicted molar refractivity (Wildman–Crippen MR) is 82.8 cm³/mol. The number of amides is 1. The molecule has 0 heterocycles. The Morgan fingerprint density at radius 3 is 2.55 bits per heavy atom. The van der Waals surface area contributed by atoms with E-state index in [0.717, 1.165) is 0 Å². The first-order valence-corrected chi connectivity index (χ1v) is 7.82. The molecule has 2 aromatic carbocycles. The summed E-state index contributed by atoms with van der Waals surface area (Å²) >= 11 is 11.8. The van der Waals surface area contributed by atoms with Crippen molar-refractivity contribution in [3.05, 3.63) is 58.6 Å². The fourth-order valence-corrected chi connectivity index (χ4v) is 2.96. The van der Waals surface area contributed by atoms with Gasteiger partial charge in [-0.1, -0.05) is 41.4 Å². The van der Waals surface area contributed by atoms with Gasteiger partial charge in [-0.2, -0.15) is 0 Å². The molecule has 1 amide bonds. The van der Waals surface area contributed by atoms with Crippen molar-refractivity contribution >= 4 is 45.6 Å². The quantitative estimate of drug-likeness (QED) is 0.929. The lowest BCUT2D eigenvalue weighted by molar-refractivity contribution is -0.113. The molecule has 1 atom stereocenters. The Labute approximate surface area is 129 Å². The summed E-state index contributed by atoms with van der Waals surface area (Å²) in [4.78, 5) is 12.4. The van der Waals surface area contributed by atoms with E-state index >= 15 is 0 Å². The van der Waals surface area contributed by atoms with Crippen LogP contribution in [0.25, 0.3) is 0 Å². The molecule has 0 spiro atoms. The van der Waals surface area contributed by atoms with Gasteiger partial charge in [-0.15, -0.1) is 0 Å². The minimum Gasteiger partial charge on any atom is -0.324 e. The minimum atomic E-state index is -1.44. The molecule has 1 N–H and O–H groups in total. The zero-order chi connectivity index (χ0) is 14.5. The van der Waals surface area contributed by atoms with Crippen molar-refractivity contribution in [2.45, 2.75) is 4.90 Å². The predicted octanol–water partition coefficient (Wildman–Crippen LogP) is 3.74. The molecule has 2 aromatic rings. The van der Waals surface area contributed by atoms with Crippen molar-refractivity contribution in [2.24, 2.45) is 0 Å². The topological polar surface area (TPSA) is 46.2 Å². The van der Waals surface area contributed by atoms with Crippen LogP contribution < -0.4 is 5.32 Å². The van der Waals surface area contributed by atoms with Crippen LogP contribution in [0.2, 0.25) is 10.0 Å². The Balaban J connectivity index is 2.02. The van der Waals surface area contributed by atoms with E-state index in [0.29, 0.717) is 20.6 Å². The average molecular weight is 328 g/mol. The molecule has 0 saturated heterocycles. The third-order valence-electron chi connectivity index (χ3n) is 2.47. The molecule has 0 radical (unpaired) electrons. The number of anilines is 1. The van der Waals surface area contributed by atoms with E-state index in [9.17, 15) is 9.00 Å². The molecule has 0 saturated carbocycles. The summed E-state index contributed by atoms with van der Waals surface area (Å²) in [6, 6.07) is 13.5. The minimum absolute atomic E-state index is 0.147. The highest BCUT2D eigenvalue weighted by molar-refractivity contribution is 7.85. The molecule has 3 nitrogen and oxygen atoms in total. The van der Waals surface area contributed by atoms with Crippen LogP contribution in [0.1, 0.15) is 0 Å². The number of carbonyl (C=O) groups is 1. The fourth-order valence-electron chi connectivity index (χ4n) is 1.56. The van der Waals surface area contributed by atoms with Crippen LogP contribution in [0, 0.1) is 0 Å². The van der Waals surface area contributed by atoms with E-state index in [4.69, 9.17) is 23.2 Å². The normalized spacial score (nSPS) is 11.9. The van der Waals surface area contributed by atoms with Gasteiger partial charge in [0.15, 0.2) is 0 Å². The number of carbonyl (C=O) groups excluding carboxylic acids is 1. The maximum absolute atomic E-state index is 12.0. The van der Waals surface area contributed by atoms with Crippen LogP contribution in [-0.4, -0.2) is 15.9 Å². The molecule has 2 rings (SSSR count). The lowest BCUT2D eigenvalue weighted by atomic mass is 10.3. The van der Waals surface area contributed by atoms with Crippen LogP contribution in [0.5, 0.6) is 0 Å². The number of rotatable bonds is 4. The van der Waals surface area contributed by atoms with E-state index < -0.39 is 10.8 Å². The lowest BCUT2D eigenvalue weighted by Gasteiger charge is -2.07. The SMILES string of the molecule is O=C(C[S@@](=O)c1cccc(Cl)c1)Nc1ccccc1Cl. The Bertz CT molecular complexity index is 661. The molecule has 0 aromatic heterocycles. The summed E-state index contributed by atoms with van der Waals surface area (Å²) < 4.78 is 12.0. The lowest BCUT2D eigenvalue weighted by Crippen LogP contribution is -2.19. The molecule has 0 fully saturated rings. The standard InChI is InChI=1S/C14H11Cl2NO2S/c15-10-4-3-5-11(8-10)20(19)9-14(18)17-13-7-2-1-6-12(13)16/h1-8H,9H2,(H,17,18)/t20-/m1/s1. The first-order valence-electron chi connectivity index (χ1n) is 5.74. The molecule has 0 aliphatic heterocycles. The summed E-state index contributed by atoms with van der Waals surface area (Å²) in [7, 11) is -1.44. The number of nitrogens with one attached hydrogen (secondary N) is 1. The molecule has 104 valence electrons. The second-order valence-electron chi connectivity index (χ2n) is 3.98. The van der Waals surface area contributed by atoms with E-state index in [1.54, 1.807) is 48.5 Å². The van der Waals surface area contributed by atoms with Gasteiger partial charge in [0, 0.05) is 9.92 Å². The van der Waals surface area contributed by atoms with Crippen molar-refractivity contribution in [3.8, 4) is 0 Å². The van der Waals surface area contributed by atoms with Crippen LogP contribution >= 0.6 is 23.2 Å². The smallest absolute Gasteiger partial charge is 0.237 e. The first kappa shape index (κ1) is 15.0. The average Bonchev–Trinajstić information content (AvgIpc) is 2.41. The van der Waals surface area contributed by atoms with Crippen LogP contribution in [0.15, 0.2) is 53.4 Å². The second kappa shape index (κ2) is 6.88. The van der Waals surface area contributed by atoms with Crippen molar-refractivity contribution in [3.63, 3.8) is 0 Å². The van der Waals surface area contributed by atoms with Gasteiger partial charge in [0.1, 0.15) is 5.75 Å². The Morgan fingerprint density at radius 2 is 1.85 bits per heavy atom. The summed E-state index contributed by atoms with van der Waals surface area (Å²) in [5, 5.41) is 3.56. The molecule has 0 bridgehead atoms. The molecular formula is C14H11Cl2NO2S. The number of para-hydroxylation sites is 1. The van der Waals surface area contributed by atoms with E-state index in [2.05, 4.69) is 5.32 Å². The van der Waals surface area contributed by atoms with E-state index in [1.807, 2.05) is 0 Å².